The fraction of sp³-hybridized carbons (Fsp3) is 0.600. The van der Waals surface area contributed by atoms with Crippen molar-refractivity contribution < 1.29 is 0 Å². The molecule has 0 fully saturated rings. The van der Waals surface area contributed by atoms with Crippen LogP contribution >= 0.6 is 0 Å². The molecule has 1 aliphatic heterocycles. The first-order valence-electron chi connectivity index (χ1n) is 6.83. The predicted molar refractivity (Wildman–Crippen MR) is 78.2 cm³/mol. The molecular formula is C15H25N3. The molecule has 1 heterocycles. The molecule has 0 saturated carbocycles. The average molecular weight is 247 g/mol. The molecule has 0 saturated heterocycles. The zero-order chi connectivity index (χ0) is 13.0. The number of fused-ring (bicyclic) bond motifs is 1. The first kappa shape index (κ1) is 13.4. The van der Waals surface area contributed by atoms with Crippen LogP contribution < -0.4 is 5.32 Å². The van der Waals surface area contributed by atoms with Gasteiger partial charge in [-0.1, -0.05) is 18.2 Å². The number of para-hydroxylation sites is 1. The van der Waals surface area contributed by atoms with Gasteiger partial charge in [0, 0.05) is 18.3 Å². The number of benzene rings is 1. The third-order valence-electron chi connectivity index (χ3n) is 3.52. The molecule has 1 aromatic rings. The molecule has 1 N–H and O–H groups in total. The summed E-state index contributed by atoms with van der Waals surface area (Å²) in [5.41, 5.74) is 2.79. The summed E-state index contributed by atoms with van der Waals surface area (Å²) in [7, 11) is 6.49. The van der Waals surface area contributed by atoms with Gasteiger partial charge in [-0.3, -0.25) is 0 Å². The van der Waals surface area contributed by atoms with E-state index in [9.17, 15) is 0 Å². The molecule has 100 valence electrons. The summed E-state index contributed by atoms with van der Waals surface area (Å²) in [6.45, 7) is 3.47. The fourth-order valence-electron chi connectivity index (χ4n) is 2.61. The fourth-order valence-corrected chi connectivity index (χ4v) is 2.61. The van der Waals surface area contributed by atoms with E-state index < -0.39 is 0 Å². The minimum Gasteiger partial charge on any atom is -0.380 e. The van der Waals surface area contributed by atoms with Crippen molar-refractivity contribution in [3.05, 3.63) is 29.8 Å². The van der Waals surface area contributed by atoms with Crippen LogP contribution in [0.25, 0.3) is 0 Å². The Morgan fingerprint density at radius 1 is 1.17 bits per heavy atom. The van der Waals surface area contributed by atoms with E-state index >= 15 is 0 Å². The van der Waals surface area contributed by atoms with Crippen molar-refractivity contribution in [1.29, 1.82) is 0 Å². The molecular weight excluding hydrogens is 222 g/mol. The minimum atomic E-state index is 0.576. The second-order valence-corrected chi connectivity index (χ2v) is 5.62. The van der Waals surface area contributed by atoms with Crippen molar-refractivity contribution in [3.8, 4) is 0 Å². The normalized spacial score (nSPS) is 18.2. The van der Waals surface area contributed by atoms with E-state index in [-0.39, 0.29) is 0 Å². The van der Waals surface area contributed by atoms with Gasteiger partial charge in [-0.15, -0.1) is 0 Å². The predicted octanol–water partition coefficient (Wildman–Crippen LogP) is 1.91. The Hall–Kier alpha value is -1.06. The SMILES string of the molecule is CN(C)CCCN(C)CC1Cc2ccccc2N1. The van der Waals surface area contributed by atoms with Crippen LogP contribution in [0, 0.1) is 0 Å². The van der Waals surface area contributed by atoms with Gasteiger partial charge < -0.3 is 15.1 Å². The Balaban J connectivity index is 1.72. The summed E-state index contributed by atoms with van der Waals surface area (Å²) in [6.07, 6.45) is 2.40. The highest BCUT2D eigenvalue weighted by atomic mass is 15.1. The number of nitrogens with one attached hydrogen (secondary N) is 1. The van der Waals surface area contributed by atoms with Crippen molar-refractivity contribution in [2.24, 2.45) is 0 Å². The van der Waals surface area contributed by atoms with Crippen molar-refractivity contribution in [2.75, 3.05) is 46.1 Å². The molecule has 3 heteroatoms. The molecule has 1 unspecified atom stereocenters. The van der Waals surface area contributed by atoms with Crippen LogP contribution in [0.4, 0.5) is 5.69 Å². The van der Waals surface area contributed by atoms with E-state index in [2.05, 4.69) is 60.5 Å². The summed E-state index contributed by atoms with van der Waals surface area (Å²) < 4.78 is 0. The molecule has 3 nitrogen and oxygen atoms in total. The van der Waals surface area contributed by atoms with E-state index in [1.54, 1.807) is 0 Å². The molecule has 1 atom stereocenters. The van der Waals surface area contributed by atoms with Gasteiger partial charge in [-0.2, -0.15) is 0 Å². The Morgan fingerprint density at radius 3 is 2.67 bits per heavy atom. The molecule has 1 aromatic carbocycles. The Morgan fingerprint density at radius 2 is 1.94 bits per heavy atom. The maximum absolute atomic E-state index is 3.61. The lowest BCUT2D eigenvalue weighted by molar-refractivity contribution is 0.291. The third-order valence-corrected chi connectivity index (χ3v) is 3.52. The van der Waals surface area contributed by atoms with Gasteiger partial charge in [0.05, 0.1) is 0 Å². The smallest absolute Gasteiger partial charge is 0.0429 e. The van der Waals surface area contributed by atoms with Crippen LogP contribution in [0.2, 0.25) is 0 Å². The molecule has 0 amide bonds. The van der Waals surface area contributed by atoms with Crippen molar-refractivity contribution >= 4 is 5.69 Å². The lowest BCUT2D eigenvalue weighted by atomic mass is 10.1. The van der Waals surface area contributed by atoms with Gasteiger partial charge in [-0.05, 0) is 58.7 Å². The lowest BCUT2D eigenvalue weighted by Gasteiger charge is -2.22. The highest BCUT2D eigenvalue weighted by molar-refractivity contribution is 5.56. The Labute approximate surface area is 111 Å². The number of nitrogens with zero attached hydrogens (tertiary/aromatic N) is 2. The number of anilines is 1. The Bertz CT molecular complexity index is 351. The van der Waals surface area contributed by atoms with Crippen LogP contribution in [0.1, 0.15) is 12.0 Å². The summed E-state index contributed by atoms with van der Waals surface area (Å²) in [6, 6.07) is 9.22. The van der Waals surface area contributed by atoms with Gasteiger partial charge in [0.25, 0.3) is 0 Å². The largest absolute Gasteiger partial charge is 0.380 e. The summed E-state index contributed by atoms with van der Waals surface area (Å²) >= 11 is 0. The van der Waals surface area contributed by atoms with E-state index in [0.29, 0.717) is 6.04 Å². The van der Waals surface area contributed by atoms with Crippen LogP contribution in [0.5, 0.6) is 0 Å². The van der Waals surface area contributed by atoms with E-state index in [1.165, 1.54) is 30.8 Å². The number of hydrogen-bond donors (Lipinski definition) is 1. The van der Waals surface area contributed by atoms with Gasteiger partial charge in [0.1, 0.15) is 0 Å². The lowest BCUT2D eigenvalue weighted by Crippen LogP contribution is -2.34. The summed E-state index contributed by atoms with van der Waals surface area (Å²) in [4.78, 5) is 4.69. The van der Waals surface area contributed by atoms with Crippen LogP contribution in [-0.2, 0) is 6.42 Å². The minimum absolute atomic E-state index is 0.576. The monoisotopic (exact) mass is 247 g/mol. The van der Waals surface area contributed by atoms with Gasteiger partial charge in [0.15, 0.2) is 0 Å². The number of rotatable bonds is 6. The third kappa shape index (κ3) is 3.72. The van der Waals surface area contributed by atoms with Crippen LogP contribution in [-0.4, -0.2) is 56.6 Å². The molecule has 0 radical (unpaired) electrons. The Kier molecular flexibility index (Phi) is 4.61. The first-order valence-corrected chi connectivity index (χ1v) is 6.83. The maximum Gasteiger partial charge on any atom is 0.0429 e. The van der Waals surface area contributed by atoms with Crippen molar-refractivity contribution in [1.82, 2.24) is 9.80 Å². The zero-order valence-electron chi connectivity index (χ0n) is 11.8. The van der Waals surface area contributed by atoms with Gasteiger partial charge >= 0.3 is 0 Å². The van der Waals surface area contributed by atoms with Crippen LogP contribution in [0.3, 0.4) is 0 Å². The van der Waals surface area contributed by atoms with E-state index in [1.807, 2.05) is 0 Å². The molecule has 1 aliphatic rings. The zero-order valence-corrected chi connectivity index (χ0v) is 11.8. The summed E-state index contributed by atoms with van der Waals surface area (Å²) in [5, 5.41) is 3.61. The molecule has 0 aromatic heterocycles. The molecule has 18 heavy (non-hydrogen) atoms. The second-order valence-electron chi connectivity index (χ2n) is 5.62. The summed E-state index contributed by atoms with van der Waals surface area (Å²) in [5.74, 6) is 0. The average Bonchev–Trinajstić information content (AvgIpc) is 2.70. The quantitative estimate of drug-likeness (QED) is 0.828. The number of likely N-dealkylation sites (N-methyl/N-ethyl adjacent to an activating group) is 1. The highest BCUT2D eigenvalue weighted by Crippen LogP contribution is 2.25. The van der Waals surface area contributed by atoms with Crippen molar-refractivity contribution in [2.45, 2.75) is 18.9 Å². The first-order chi connectivity index (χ1) is 8.65. The molecule has 0 spiro atoms. The standard InChI is InChI=1S/C15H25N3/c1-17(2)9-6-10-18(3)12-14-11-13-7-4-5-8-15(13)16-14/h4-5,7-8,14,16H,6,9-12H2,1-3H3. The van der Waals surface area contributed by atoms with E-state index in [0.717, 1.165) is 13.0 Å². The molecule has 0 aliphatic carbocycles. The highest BCUT2D eigenvalue weighted by Gasteiger charge is 2.20. The maximum atomic E-state index is 3.61. The topological polar surface area (TPSA) is 18.5 Å². The van der Waals surface area contributed by atoms with E-state index in [4.69, 9.17) is 0 Å². The van der Waals surface area contributed by atoms with Crippen LogP contribution in [0.15, 0.2) is 24.3 Å². The second kappa shape index (κ2) is 6.21. The van der Waals surface area contributed by atoms with Crippen molar-refractivity contribution in [3.63, 3.8) is 0 Å². The molecule has 0 bridgehead atoms. The molecule has 2 rings (SSSR count). The number of hydrogen-bond acceptors (Lipinski definition) is 3. The van der Waals surface area contributed by atoms with Gasteiger partial charge in [-0.25, -0.2) is 0 Å². The van der Waals surface area contributed by atoms with Gasteiger partial charge in [0.2, 0.25) is 0 Å².